The predicted octanol–water partition coefficient (Wildman–Crippen LogP) is 4.55. The van der Waals surface area contributed by atoms with Crippen molar-refractivity contribution < 1.29 is 27.0 Å². The fourth-order valence-electron chi connectivity index (χ4n) is 2.80. The van der Waals surface area contributed by atoms with Crippen molar-refractivity contribution in [1.29, 1.82) is 0 Å². The Labute approximate surface area is 175 Å². The van der Waals surface area contributed by atoms with Crippen LogP contribution in [0.15, 0.2) is 28.5 Å². The lowest BCUT2D eigenvalue weighted by atomic mass is 10.1. The lowest BCUT2D eigenvalue weighted by Gasteiger charge is -2.19. The second-order valence-electron chi connectivity index (χ2n) is 6.35. The van der Waals surface area contributed by atoms with Crippen molar-refractivity contribution in [2.24, 2.45) is 0 Å². The summed E-state index contributed by atoms with van der Waals surface area (Å²) in [6, 6.07) is 4.16. The van der Waals surface area contributed by atoms with Gasteiger partial charge < -0.3 is 14.4 Å². The largest absolute Gasteiger partial charge is 0.488 e. The van der Waals surface area contributed by atoms with Gasteiger partial charge in [-0.15, -0.1) is 11.3 Å². The van der Waals surface area contributed by atoms with Crippen LogP contribution in [0.4, 0.5) is 24.5 Å². The van der Waals surface area contributed by atoms with Crippen LogP contribution in [-0.4, -0.2) is 40.3 Å². The van der Waals surface area contributed by atoms with Crippen molar-refractivity contribution in [1.82, 2.24) is 4.90 Å². The number of nitro groups is 1. The van der Waals surface area contributed by atoms with E-state index in [-0.39, 0.29) is 31.8 Å². The summed E-state index contributed by atoms with van der Waals surface area (Å²) in [5.74, 6) is -0.366. The minimum Gasteiger partial charge on any atom is -0.488 e. The molecule has 29 heavy (non-hydrogen) atoms. The fourth-order valence-corrected chi connectivity index (χ4v) is 5.23. The molecule has 13 heteroatoms. The molecule has 1 unspecified atom stereocenters. The van der Waals surface area contributed by atoms with E-state index in [9.17, 15) is 27.5 Å². The molecule has 2 atom stereocenters. The number of alkyl halides is 3. The highest BCUT2D eigenvalue weighted by Gasteiger charge is 2.36. The molecule has 2 aromatic rings. The van der Waals surface area contributed by atoms with Crippen LogP contribution in [0.2, 0.25) is 4.34 Å². The van der Waals surface area contributed by atoms with E-state index in [1.807, 2.05) is 11.9 Å². The first-order chi connectivity index (χ1) is 13.5. The molecule has 1 aliphatic heterocycles. The van der Waals surface area contributed by atoms with Crippen molar-refractivity contribution in [3.05, 3.63) is 44.3 Å². The van der Waals surface area contributed by atoms with Crippen molar-refractivity contribution in [2.45, 2.75) is 22.9 Å². The Balaban J connectivity index is 1.84. The van der Waals surface area contributed by atoms with Gasteiger partial charge >= 0.3 is 6.18 Å². The van der Waals surface area contributed by atoms with Crippen LogP contribution in [-0.2, 0) is 17.2 Å². The third kappa shape index (κ3) is 5.18. The second kappa shape index (κ2) is 8.46. The first kappa shape index (κ1) is 21.8. The number of hydrogen-bond donors (Lipinski definition) is 1. The van der Waals surface area contributed by atoms with Crippen LogP contribution in [0.3, 0.4) is 0 Å². The van der Waals surface area contributed by atoms with E-state index in [1.54, 1.807) is 0 Å². The van der Waals surface area contributed by atoms with Crippen LogP contribution in [0.5, 0.6) is 5.75 Å². The van der Waals surface area contributed by atoms with E-state index in [0.29, 0.717) is 19.5 Å². The summed E-state index contributed by atoms with van der Waals surface area (Å²) in [5.41, 5.74) is -1.20. The molecule has 1 aromatic heterocycles. The molecule has 1 fully saturated rings. The molecule has 158 valence electrons. The highest BCUT2D eigenvalue weighted by Crippen LogP contribution is 2.40. The Morgan fingerprint density at radius 3 is 2.69 bits per heavy atom. The third-order valence-corrected chi connectivity index (χ3v) is 6.91. The number of halogens is 4. The highest BCUT2D eigenvalue weighted by molar-refractivity contribution is 7.88. The van der Waals surface area contributed by atoms with Crippen LogP contribution < -0.4 is 9.46 Å². The van der Waals surface area contributed by atoms with Gasteiger partial charge in [0.15, 0.2) is 15.3 Å². The number of benzene rings is 1. The molecule has 1 aliphatic rings. The quantitative estimate of drug-likeness (QED) is 0.495. The summed E-state index contributed by atoms with van der Waals surface area (Å²) in [5, 5.41) is 10.9. The Morgan fingerprint density at radius 2 is 2.14 bits per heavy atom. The summed E-state index contributed by atoms with van der Waals surface area (Å²) >= 11 is 6.51. The van der Waals surface area contributed by atoms with Crippen LogP contribution >= 0.6 is 22.9 Å². The zero-order valence-corrected chi connectivity index (χ0v) is 17.3. The van der Waals surface area contributed by atoms with Gasteiger partial charge in [-0.25, -0.2) is 4.21 Å². The lowest BCUT2D eigenvalue weighted by Crippen LogP contribution is -2.23. The molecule has 0 saturated carbocycles. The molecule has 0 aliphatic carbocycles. The first-order valence-electron chi connectivity index (χ1n) is 8.23. The van der Waals surface area contributed by atoms with Crippen LogP contribution in [0, 0.1) is 10.1 Å². The van der Waals surface area contributed by atoms with Crippen molar-refractivity contribution in [3.8, 4) is 5.75 Å². The Kier molecular flexibility index (Phi) is 6.36. The van der Waals surface area contributed by atoms with Gasteiger partial charge in [-0.05, 0) is 25.6 Å². The van der Waals surface area contributed by atoms with Gasteiger partial charge in [-0.2, -0.15) is 13.2 Å². The van der Waals surface area contributed by atoms with Gasteiger partial charge in [-0.1, -0.05) is 11.6 Å². The standard InChI is InChI=1S/C16H15ClF3N3O4S2/c1-22-5-4-10(8-22)27-13-6-9(2-3-11(13)16(18,19)20)21-29(26)14-7-12(23(24)25)15(17)28-14/h2-3,6-7,10,21H,4-5,8H2,1H3/t10-,29?/m1/s1. The number of hydrogen-bond acceptors (Lipinski definition) is 6. The molecule has 2 heterocycles. The van der Waals surface area contributed by atoms with E-state index < -0.39 is 27.6 Å². The summed E-state index contributed by atoms with van der Waals surface area (Å²) < 4.78 is 60.5. The van der Waals surface area contributed by atoms with E-state index in [1.165, 1.54) is 0 Å². The molecule has 0 bridgehead atoms. The fraction of sp³-hybridized carbons (Fsp3) is 0.375. The van der Waals surface area contributed by atoms with E-state index in [2.05, 4.69) is 4.72 Å². The van der Waals surface area contributed by atoms with Gasteiger partial charge in [0.05, 0.1) is 16.2 Å². The first-order valence-corrected chi connectivity index (χ1v) is 10.6. The Bertz CT molecular complexity index is 954. The van der Waals surface area contributed by atoms with Gasteiger partial charge in [0, 0.05) is 25.2 Å². The third-order valence-electron chi connectivity index (χ3n) is 4.16. The zero-order valence-electron chi connectivity index (χ0n) is 14.9. The number of thiophene rings is 1. The van der Waals surface area contributed by atoms with Crippen molar-refractivity contribution >= 4 is 45.3 Å². The van der Waals surface area contributed by atoms with Crippen molar-refractivity contribution in [2.75, 3.05) is 24.9 Å². The number of likely N-dealkylation sites (tertiary alicyclic amines) is 1. The minimum atomic E-state index is -4.61. The van der Waals surface area contributed by atoms with Gasteiger partial charge in [-0.3, -0.25) is 10.1 Å². The summed E-state index contributed by atoms with van der Waals surface area (Å²) in [6.45, 7) is 1.21. The molecule has 1 saturated heterocycles. The summed E-state index contributed by atoms with van der Waals surface area (Å²) in [6.07, 6.45) is -4.41. The monoisotopic (exact) mass is 469 g/mol. The van der Waals surface area contributed by atoms with Gasteiger partial charge in [0.25, 0.3) is 5.69 Å². The van der Waals surface area contributed by atoms with Crippen molar-refractivity contribution in [3.63, 3.8) is 0 Å². The van der Waals surface area contributed by atoms with Gasteiger partial charge in [0.2, 0.25) is 0 Å². The molecule has 7 nitrogen and oxygen atoms in total. The molecular formula is C16H15ClF3N3O4S2. The number of ether oxygens (including phenoxy) is 1. The molecule has 0 radical (unpaired) electrons. The topological polar surface area (TPSA) is 84.7 Å². The van der Waals surface area contributed by atoms with Gasteiger partial charge in [0.1, 0.15) is 16.1 Å². The molecule has 3 rings (SSSR count). The molecular weight excluding hydrogens is 455 g/mol. The second-order valence-corrected chi connectivity index (χ2v) is 9.45. The number of nitrogens with zero attached hydrogens (tertiary/aromatic N) is 2. The molecule has 1 aromatic carbocycles. The van der Waals surface area contributed by atoms with E-state index in [4.69, 9.17) is 16.3 Å². The zero-order chi connectivity index (χ0) is 21.3. The summed E-state index contributed by atoms with van der Waals surface area (Å²) in [7, 11) is -0.104. The van der Waals surface area contributed by atoms with E-state index in [0.717, 1.165) is 35.6 Å². The maximum absolute atomic E-state index is 13.3. The predicted molar refractivity (Wildman–Crippen MR) is 104 cm³/mol. The highest BCUT2D eigenvalue weighted by atomic mass is 35.5. The van der Waals surface area contributed by atoms with Crippen LogP contribution in [0.25, 0.3) is 0 Å². The number of likely N-dealkylation sites (N-methyl/N-ethyl adjacent to an activating group) is 1. The smallest absolute Gasteiger partial charge is 0.419 e. The number of rotatable bonds is 6. The SMILES string of the molecule is CN1CC[C@@H](Oc2cc(NS(=O)c3cc([N+](=O)[O-])c(Cl)s3)ccc2C(F)(F)F)C1. The number of anilines is 1. The average Bonchev–Trinajstić information content (AvgIpc) is 3.19. The summed E-state index contributed by atoms with van der Waals surface area (Å²) in [4.78, 5) is 12.1. The molecule has 0 spiro atoms. The maximum Gasteiger partial charge on any atom is 0.419 e. The lowest BCUT2D eigenvalue weighted by molar-refractivity contribution is -0.384. The number of nitrogens with one attached hydrogen (secondary N) is 1. The Morgan fingerprint density at radius 1 is 1.41 bits per heavy atom. The molecule has 0 amide bonds. The van der Waals surface area contributed by atoms with E-state index >= 15 is 0 Å². The average molecular weight is 470 g/mol. The maximum atomic E-state index is 13.3. The molecule has 1 N–H and O–H groups in total. The normalized spacial score (nSPS) is 18.6. The Hall–Kier alpha value is -1.89. The minimum absolute atomic E-state index is 0.0708. The van der Waals surface area contributed by atoms with Crippen LogP contribution in [0.1, 0.15) is 12.0 Å².